The Kier molecular flexibility index (Phi) is 8.37. The van der Waals surface area contributed by atoms with Crippen LogP contribution >= 0.6 is 0 Å². The molecule has 0 bridgehead atoms. The highest BCUT2D eigenvalue weighted by atomic mass is 16.5. The average molecular weight is 355 g/mol. The van der Waals surface area contributed by atoms with Crippen LogP contribution in [0, 0.1) is 5.92 Å². The maximum absolute atomic E-state index is 12.5. The van der Waals surface area contributed by atoms with Crippen LogP contribution in [-0.4, -0.2) is 60.4 Å². The van der Waals surface area contributed by atoms with E-state index in [0.717, 1.165) is 6.42 Å². The summed E-state index contributed by atoms with van der Waals surface area (Å²) in [5.74, 6) is -1.26. The normalized spacial score (nSPS) is 18.0. The first-order valence-corrected chi connectivity index (χ1v) is 8.77. The molecule has 0 saturated carbocycles. The molecule has 8 heteroatoms. The number of likely N-dealkylation sites (tertiary alicyclic amines) is 1. The third-order valence-electron chi connectivity index (χ3n) is 4.01. The van der Waals surface area contributed by atoms with Gasteiger partial charge in [0.15, 0.2) is 0 Å². The number of amides is 3. The number of nitrogens with one attached hydrogen (secondary N) is 2. The van der Waals surface area contributed by atoms with Crippen LogP contribution in [0.3, 0.4) is 0 Å². The molecule has 0 aromatic rings. The Hall–Kier alpha value is -2.12. The maximum Gasteiger partial charge on any atom is 0.325 e. The van der Waals surface area contributed by atoms with Gasteiger partial charge in [-0.25, -0.2) is 0 Å². The van der Waals surface area contributed by atoms with E-state index in [0.29, 0.717) is 19.4 Å². The Labute approximate surface area is 148 Å². The quantitative estimate of drug-likeness (QED) is 0.606. The van der Waals surface area contributed by atoms with Gasteiger partial charge in [0.1, 0.15) is 18.6 Å². The minimum Gasteiger partial charge on any atom is -0.465 e. The van der Waals surface area contributed by atoms with Gasteiger partial charge in [0.2, 0.25) is 17.7 Å². The summed E-state index contributed by atoms with van der Waals surface area (Å²) in [7, 11) is 0. The van der Waals surface area contributed by atoms with Crippen molar-refractivity contribution in [1.82, 2.24) is 15.5 Å². The molecule has 25 heavy (non-hydrogen) atoms. The molecule has 1 rings (SSSR count). The van der Waals surface area contributed by atoms with Gasteiger partial charge in [0.25, 0.3) is 0 Å². The summed E-state index contributed by atoms with van der Waals surface area (Å²) >= 11 is 0. The molecule has 0 aliphatic carbocycles. The molecule has 2 atom stereocenters. The standard InChI is InChI=1S/C17H29N3O5/c1-5-25-15(22)10-18-16(23)13(9-11(2)3)19-17(24)14-7-6-8-20(14)12(4)21/h11,13-14H,5-10H2,1-4H3,(H,18,23)(H,19,24)/t13-,14-/m0/s1. The zero-order valence-corrected chi connectivity index (χ0v) is 15.5. The number of hydrogen-bond donors (Lipinski definition) is 2. The summed E-state index contributed by atoms with van der Waals surface area (Å²) in [4.78, 5) is 49.4. The number of rotatable bonds is 8. The first-order chi connectivity index (χ1) is 11.8. The molecule has 0 aromatic heterocycles. The molecule has 0 spiro atoms. The van der Waals surface area contributed by atoms with Crippen molar-refractivity contribution in [3.8, 4) is 0 Å². The van der Waals surface area contributed by atoms with E-state index in [2.05, 4.69) is 10.6 Å². The zero-order chi connectivity index (χ0) is 19.0. The summed E-state index contributed by atoms with van der Waals surface area (Å²) in [6.07, 6.45) is 1.79. The molecule has 2 N–H and O–H groups in total. The van der Waals surface area contributed by atoms with Crippen molar-refractivity contribution in [3.63, 3.8) is 0 Å². The Balaban J connectivity index is 2.68. The van der Waals surface area contributed by atoms with Crippen LogP contribution in [0.15, 0.2) is 0 Å². The molecule has 0 radical (unpaired) electrons. The third kappa shape index (κ3) is 6.72. The van der Waals surface area contributed by atoms with E-state index in [-0.39, 0.29) is 30.9 Å². The number of ether oxygens (including phenoxy) is 1. The molecule has 1 aliphatic heterocycles. The van der Waals surface area contributed by atoms with E-state index < -0.39 is 24.0 Å². The lowest BCUT2D eigenvalue weighted by atomic mass is 10.0. The van der Waals surface area contributed by atoms with Gasteiger partial charge in [-0.3, -0.25) is 19.2 Å². The van der Waals surface area contributed by atoms with Crippen molar-refractivity contribution in [3.05, 3.63) is 0 Å². The minimum atomic E-state index is -0.753. The highest BCUT2D eigenvalue weighted by Crippen LogP contribution is 2.18. The van der Waals surface area contributed by atoms with Crippen LogP contribution in [0.2, 0.25) is 0 Å². The lowest BCUT2D eigenvalue weighted by Gasteiger charge is -2.26. The Bertz CT molecular complexity index is 507. The van der Waals surface area contributed by atoms with Crippen molar-refractivity contribution in [2.75, 3.05) is 19.7 Å². The van der Waals surface area contributed by atoms with Crippen LogP contribution in [0.1, 0.15) is 47.0 Å². The summed E-state index contributed by atoms with van der Waals surface area (Å²) in [6, 6.07) is -1.29. The minimum absolute atomic E-state index is 0.148. The summed E-state index contributed by atoms with van der Waals surface area (Å²) in [6.45, 7) is 7.55. The molecular weight excluding hydrogens is 326 g/mol. The highest BCUT2D eigenvalue weighted by molar-refractivity contribution is 5.93. The largest absolute Gasteiger partial charge is 0.465 e. The Morgan fingerprint density at radius 1 is 1.24 bits per heavy atom. The third-order valence-corrected chi connectivity index (χ3v) is 4.01. The molecule has 1 fully saturated rings. The number of carbonyl (C=O) groups is 4. The van der Waals surface area contributed by atoms with Gasteiger partial charge in [-0.1, -0.05) is 13.8 Å². The van der Waals surface area contributed by atoms with Crippen LogP contribution in [-0.2, 0) is 23.9 Å². The fraction of sp³-hybridized carbons (Fsp3) is 0.765. The maximum atomic E-state index is 12.5. The van der Waals surface area contributed by atoms with E-state index in [9.17, 15) is 19.2 Å². The van der Waals surface area contributed by atoms with Crippen LogP contribution in [0.5, 0.6) is 0 Å². The average Bonchev–Trinajstić information content (AvgIpc) is 3.01. The van der Waals surface area contributed by atoms with Crippen molar-refractivity contribution < 1.29 is 23.9 Å². The van der Waals surface area contributed by atoms with Gasteiger partial charge in [-0.2, -0.15) is 0 Å². The van der Waals surface area contributed by atoms with E-state index in [1.165, 1.54) is 11.8 Å². The molecular formula is C17H29N3O5. The lowest BCUT2D eigenvalue weighted by molar-refractivity contribution is -0.144. The van der Waals surface area contributed by atoms with Crippen molar-refractivity contribution >= 4 is 23.7 Å². The van der Waals surface area contributed by atoms with Crippen molar-refractivity contribution in [2.45, 2.75) is 59.0 Å². The van der Waals surface area contributed by atoms with Crippen molar-refractivity contribution in [2.24, 2.45) is 5.92 Å². The number of nitrogens with zero attached hydrogens (tertiary/aromatic N) is 1. The fourth-order valence-corrected chi connectivity index (χ4v) is 2.88. The molecule has 1 heterocycles. The van der Waals surface area contributed by atoms with Crippen LogP contribution < -0.4 is 10.6 Å². The van der Waals surface area contributed by atoms with E-state index in [1.807, 2.05) is 13.8 Å². The summed E-state index contributed by atoms with van der Waals surface area (Å²) < 4.78 is 4.77. The fourth-order valence-electron chi connectivity index (χ4n) is 2.88. The molecule has 1 saturated heterocycles. The topological polar surface area (TPSA) is 105 Å². The van der Waals surface area contributed by atoms with Crippen LogP contribution in [0.4, 0.5) is 0 Å². The number of esters is 1. The Morgan fingerprint density at radius 2 is 1.92 bits per heavy atom. The van der Waals surface area contributed by atoms with Gasteiger partial charge in [0.05, 0.1) is 6.61 Å². The molecule has 1 aliphatic rings. The molecule has 0 aromatic carbocycles. The summed E-state index contributed by atoms with van der Waals surface area (Å²) in [5.41, 5.74) is 0. The predicted molar refractivity (Wildman–Crippen MR) is 91.4 cm³/mol. The lowest BCUT2D eigenvalue weighted by Crippen LogP contribution is -2.53. The monoisotopic (exact) mass is 355 g/mol. The second-order valence-electron chi connectivity index (χ2n) is 6.58. The molecule has 0 unspecified atom stereocenters. The van der Waals surface area contributed by atoms with Gasteiger partial charge in [0, 0.05) is 13.5 Å². The van der Waals surface area contributed by atoms with Crippen molar-refractivity contribution in [1.29, 1.82) is 0 Å². The van der Waals surface area contributed by atoms with Gasteiger partial charge in [-0.05, 0) is 32.1 Å². The summed E-state index contributed by atoms with van der Waals surface area (Å²) in [5, 5.41) is 5.23. The predicted octanol–water partition coefficient (Wildman–Crippen LogP) is 0.208. The van der Waals surface area contributed by atoms with Gasteiger partial charge < -0.3 is 20.3 Å². The van der Waals surface area contributed by atoms with Gasteiger partial charge in [-0.15, -0.1) is 0 Å². The Morgan fingerprint density at radius 3 is 2.48 bits per heavy atom. The second kappa shape index (κ2) is 10.0. The smallest absolute Gasteiger partial charge is 0.325 e. The van der Waals surface area contributed by atoms with E-state index >= 15 is 0 Å². The molecule has 142 valence electrons. The van der Waals surface area contributed by atoms with E-state index in [4.69, 9.17) is 4.74 Å². The second-order valence-corrected chi connectivity index (χ2v) is 6.58. The molecule has 3 amide bonds. The van der Waals surface area contributed by atoms with E-state index in [1.54, 1.807) is 6.92 Å². The molecule has 8 nitrogen and oxygen atoms in total. The number of carbonyl (C=O) groups excluding carboxylic acids is 4. The first-order valence-electron chi connectivity index (χ1n) is 8.77. The number of hydrogen-bond acceptors (Lipinski definition) is 5. The van der Waals surface area contributed by atoms with Gasteiger partial charge >= 0.3 is 5.97 Å². The zero-order valence-electron chi connectivity index (χ0n) is 15.5. The van der Waals surface area contributed by atoms with Crippen LogP contribution in [0.25, 0.3) is 0 Å². The highest BCUT2D eigenvalue weighted by Gasteiger charge is 2.34. The SMILES string of the molecule is CCOC(=O)CNC(=O)[C@H](CC(C)C)NC(=O)[C@@H]1CCCN1C(C)=O. The first kappa shape index (κ1) is 20.9.